The second-order valence-electron chi connectivity index (χ2n) is 6.87. The van der Waals surface area contributed by atoms with Crippen LogP contribution in [0.3, 0.4) is 0 Å². The molecule has 1 atom stereocenters. The van der Waals surface area contributed by atoms with Gasteiger partial charge in [0.15, 0.2) is 17.3 Å². The first-order valence-electron chi connectivity index (χ1n) is 10.4. The van der Waals surface area contributed by atoms with Crippen molar-refractivity contribution in [1.29, 1.82) is 0 Å². The van der Waals surface area contributed by atoms with Gasteiger partial charge in [0.1, 0.15) is 5.76 Å². The lowest BCUT2D eigenvalue weighted by atomic mass is 10.1. The van der Waals surface area contributed by atoms with Gasteiger partial charge < -0.3 is 19.2 Å². The molecule has 0 fully saturated rings. The quantitative estimate of drug-likeness (QED) is 0.421. The van der Waals surface area contributed by atoms with E-state index in [9.17, 15) is 9.00 Å². The number of amides is 1. The third-order valence-corrected chi connectivity index (χ3v) is 6.09. The Morgan fingerprint density at radius 3 is 2.56 bits per heavy atom. The van der Waals surface area contributed by atoms with Crippen LogP contribution in [0.2, 0.25) is 5.02 Å². The minimum Gasteiger partial charge on any atom is -0.490 e. The maximum absolute atomic E-state index is 12.5. The number of hydrogen-bond acceptors (Lipinski definition) is 5. The molecule has 1 heterocycles. The van der Waals surface area contributed by atoms with Crippen molar-refractivity contribution in [3.63, 3.8) is 0 Å². The first-order chi connectivity index (χ1) is 15.5. The molecule has 0 aliphatic rings. The smallest absolute Gasteiger partial charge is 0.287 e. The average molecular weight is 476 g/mol. The summed E-state index contributed by atoms with van der Waals surface area (Å²) < 4.78 is 29.3. The zero-order valence-electron chi connectivity index (χ0n) is 18.1. The Morgan fingerprint density at radius 1 is 1.03 bits per heavy atom. The summed E-state index contributed by atoms with van der Waals surface area (Å²) in [5, 5.41) is 3.37. The number of nitrogens with one attached hydrogen (secondary N) is 1. The monoisotopic (exact) mass is 475 g/mol. The van der Waals surface area contributed by atoms with E-state index in [1.807, 2.05) is 32.0 Å². The van der Waals surface area contributed by atoms with Crippen molar-refractivity contribution in [3.05, 3.63) is 76.7 Å². The van der Waals surface area contributed by atoms with E-state index in [4.69, 9.17) is 25.5 Å². The van der Waals surface area contributed by atoms with Gasteiger partial charge in [-0.3, -0.25) is 9.00 Å². The Balaban J connectivity index is 1.53. The van der Waals surface area contributed by atoms with Crippen LogP contribution in [0.15, 0.2) is 63.9 Å². The molecule has 0 spiro atoms. The van der Waals surface area contributed by atoms with Gasteiger partial charge in [0.25, 0.3) is 5.91 Å². The molecule has 32 heavy (non-hydrogen) atoms. The van der Waals surface area contributed by atoms with Gasteiger partial charge in [-0.1, -0.05) is 23.7 Å². The fourth-order valence-corrected chi connectivity index (χ4v) is 4.38. The van der Waals surface area contributed by atoms with Crippen molar-refractivity contribution < 1.29 is 22.9 Å². The van der Waals surface area contributed by atoms with E-state index in [2.05, 4.69) is 5.32 Å². The number of rotatable bonds is 11. The minimum absolute atomic E-state index is 0.167. The Labute approximate surface area is 195 Å². The van der Waals surface area contributed by atoms with E-state index in [-0.39, 0.29) is 17.4 Å². The molecule has 1 amide bonds. The summed E-state index contributed by atoms with van der Waals surface area (Å²) >= 11 is 5.95. The van der Waals surface area contributed by atoms with E-state index >= 15 is 0 Å². The van der Waals surface area contributed by atoms with E-state index in [1.165, 1.54) is 0 Å². The highest BCUT2D eigenvalue weighted by Crippen LogP contribution is 2.28. The normalized spacial score (nSPS) is 11.7. The molecule has 0 radical (unpaired) electrons. The molecule has 0 aliphatic heterocycles. The van der Waals surface area contributed by atoms with Gasteiger partial charge in [-0.2, -0.15) is 0 Å². The van der Waals surface area contributed by atoms with Crippen molar-refractivity contribution in [2.24, 2.45) is 0 Å². The molecule has 1 N–H and O–H groups in total. The topological polar surface area (TPSA) is 77.8 Å². The summed E-state index contributed by atoms with van der Waals surface area (Å²) in [5.41, 5.74) is 1.02. The first-order valence-corrected chi connectivity index (χ1v) is 12.1. The van der Waals surface area contributed by atoms with Gasteiger partial charge in [0, 0.05) is 16.5 Å². The van der Waals surface area contributed by atoms with Gasteiger partial charge in [0.05, 0.1) is 29.8 Å². The SMILES string of the molecule is CCOc1ccc(CCNC(=O)c2ccc(C[S@@](=O)c3cccc(Cl)c3)o2)cc1OCC. The van der Waals surface area contributed by atoms with Crippen molar-refractivity contribution in [2.45, 2.75) is 30.9 Å². The number of carbonyl (C=O) groups excluding carboxylic acids is 1. The fourth-order valence-electron chi connectivity index (χ4n) is 3.06. The standard InChI is InChI=1S/C24H26ClNO5S/c1-3-29-21-10-8-17(14-23(21)30-4-2)12-13-26-24(27)22-11-9-19(31-22)16-32(28)20-7-5-6-18(25)15-20/h5-11,14-15H,3-4,12-13,16H2,1-2H3,(H,26,27)/t32-/m1/s1. The van der Waals surface area contributed by atoms with Crippen LogP contribution in [-0.4, -0.2) is 29.9 Å². The Morgan fingerprint density at radius 2 is 1.81 bits per heavy atom. The van der Waals surface area contributed by atoms with Crippen LogP contribution in [0.4, 0.5) is 0 Å². The zero-order chi connectivity index (χ0) is 22.9. The molecule has 8 heteroatoms. The molecule has 0 bridgehead atoms. The molecule has 3 aromatic rings. The minimum atomic E-state index is -1.31. The molecule has 0 saturated heterocycles. The largest absolute Gasteiger partial charge is 0.490 e. The highest BCUT2D eigenvalue weighted by atomic mass is 35.5. The molecule has 0 saturated carbocycles. The zero-order valence-corrected chi connectivity index (χ0v) is 19.6. The van der Waals surface area contributed by atoms with Crippen LogP contribution in [-0.2, 0) is 23.0 Å². The number of halogens is 1. The second kappa shape index (κ2) is 11.7. The molecule has 1 aromatic heterocycles. The van der Waals surface area contributed by atoms with Gasteiger partial charge in [0.2, 0.25) is 0 Å². The molecule has 3 rings (SSSR count). The first kappa shape index (κ1) is 23.9. The Hall–Kier alpha value is -2.77. The van der Waals surface area contributed by atoms with Crippen molar-refractivity contribution in [3.8, 4) is 11.5 Å². The van der Waals surface area contributed by atoms with Crippen LogP contribution < -0.4 is 14.8 Å². The lowest BCUT2D eigenvalue weighted by molar-refractivity contribution is 0.0925. The van der Waals surface area contributed by atoms with Crippen molar-refractivity contribution >= 4 is 28.3 Å². The summed E-state index contributed by atoms with van der Waals surface area (Å²) in [7, 11) is -1.31. The van der Waals surface area contributed by atoms with E-state index in [0.717, 1.165) is 5.56 Å². The van der Waals surface area contributed by atoms with Gasteiger partial charge >= 0.3 is 0 Å². The molecule has 6 nitrogen and oxygen atoms in total. The Kier molecular flexibility index (Phi) is 8.76. The molecular weight excluding hydrogens is 450 g/mol. The van der Waals surface area contributed by atoms with E-state index in [1.54, 1.807) is 36.4 Å². The van der Waals surface area contributed by atoms with Crippen LogP contribution >= 0.6 is 11.6 Å². The summed E-state index contributed by atoms with van der Waals surface area (Å²) in [6, 6.07) is 15.9. The summed E-state index contributed by atoms with van der Waals surface area (Å²) in [6.07, 6.45) is 0.630. The molecule has 170 valence electrons. The number of furan rings is 1. The maximum Gasteiger partial charge on any atom is 0.287 e. The summed E-state index contributed by atoms with van der Waals surface area (Å²) in [6.45, 7) is 5.39. The molecule has 0 unspecified atom stereocenters. The Bertz CT molecular complexity index is 1080. The third-order valence-electron chi connectivity index (χ3n) is 4.52. The number of carbonyl (C=O) groups is 1. The lowest BCUT2D eigenvalue weighted by Crippen LogP contribution is -2.25. The predicted molar refractivity (Wildman–Crippen MR) is 125 cm³/mol. The van der Waals surface area contributed by atoms with Crippen molar-refractivity contribution in [2.75, 3.05) is 19.8 Å². The highest BCUT2D eigenvalue weighted by molar-refractivity contribution is 7.84. The van der Waals surface area contributed by atoms with Crippen LogP contribution in [0, 0.1) is 0 Å². The second-order valence-corrected chi connectivity index (χ2v) is 8.75. The number of benzene rings is 2. The number of ether oxygens (including phenoxy) is 2. The average Bonchev–Trinajstić information content (AvgIpc) is 3.24. The van der Waals surface area contributed by atoms with Gasteiger partial charge in [-0.15, -0.1) is 0 Å². The van der Waals surface area contributed by atoms with E-state index in [0.29, 0.717) is 53.4 Å². The summed E-state index contributed by atoms with van der Waals surface area (Å²) in [5.74, 6) is 1.91. The van der Waals surface area contributed by atoms with Gasteiger partial charge in [-0.25, -0.2) is 0 Å². The third kappa shape index (κ3) is 6.61. The predicted octanol–water partition coefficient (Wildman–Crippen LogP) is 5.01. The summed E-state index contributed by atoms with van der Waals surface area (Å²) in [4.78, 5) is 13.0. The molecule has 2 aromatic carbocycles. The van der Waals surface area contributed by atoms with Crippen LogP contribution in [0.1, 0.15) is 35.7 Å². The number of hydrogen-bond donors (Lipinski definition) is 1. The van der Waals surface area contributed by atoms with Crippen LogP contribution in [0.5, 0.6) is 11.5 Å². The van der Waals surface area contributed by atoms with Crippen LogP contribution in [0.25, 0.3) is 0 Å². The van der Waals surface area contributed by atoms with E-state index < -0.39 is 10.8 Å². The van der Waals surface area contributed by atoms with Crippen molar-refractivity contribution in [1.82, 2.24) is 5.32 Å². The molecule has 0 aliphatic carbocycles. The lowest BCUT2D eigenvalue weighted by Gasteiger charge is -2.12. The fraction of sp³-hybridized carbons (Fsp3) is 0.292. The van der Waals surface area contributed by atoms with Gasteiger partial charge in [-0.05, 0) is 68.3 Å². The highest BCUT2D eigenvalue weighted by Gasteiger charge is 2.14. The molecular formula is C24H26ClNO5S. The maximum atomic E-state index is 12.5.